The van der Waals surface area contributed by atoms with Crippen molar-refractivity contribution >= 4 is 29.3 Å². The Morgan fingerprint density at radius 1 is 1.33 bits per heavy atom. The van der Waals surface area contributed by atoms with Gasteiger partial charge in [-0.25, -0.2) is 4.79 Å². The number of carbonyl (C=O) groups excluding carboxylic acids is 1. The monoisotopic (exact) mass is 289 g/mol. The SMILES string of the molecule is CC(NC(=O)OC(C)(C)C)c1cccc(Cl)c1Cl. The summed E-state index contributed by atoms with van der Waals surface area (Å²) < 4.78 is 5.17. The molecule has 1 amide bonds. The van der Waals surface area contributed by atoms with Gasteiger partial charge >= 0.3 is 6.09 Å². The van der Waals surface area contributed by atoms with E-state index in [1.54, 1.807) is 12.1 Å². The van der Waals surface area contributed by atoms with Gasteiger partial charge in [-0.2, -0.15) is 0 Å². The molecule has 1 rings (SSSR count). The van der Waals surface area contributed by atoms with Crippen molar-refractivity contribution in [1.29, 1.82) is 0 Å². The van der Waals surface area contributed by atoms with E-state index in [9.17, 15) is 4.79 Å². The molecule has 18 heavy (non-hydrogen) atoms. The number of nitrogens with one attached hydrogen (secondary N) is 1. The predicted molar refractivity (Wildman–Crippen MR) is 74.2 cm³/mol. The van der Waals surface area contributed by atoms with E-state index in [-0.39, 0.29) is 6.04 Å². The zero-order chi connectivity index (χ0) is 13.9. The van der Waals surface area contributed by atoms with Gasteiger partial charge in [0.15, 0.2) is 0 Å². The number of amides is 1. The summed E-state index contributed by atoms with van der Waals surface area (Å²) in [6.07, 6.45) is -0.481. The molecule has 0 aliphatic carbocycles. The molecule has 0 bridgehead atoms. The summed E-state index contributed by atoms with van der Waals surface area (Å²) in [6.45, 7) is 7.25. The first-order valence-corrected chi connectivity index (χ1v) is 6.39. The molecule has 0 fully saturated rings. The number of ether oxygens (including phenoxy) is 1. The zero-order valence-corrected chi connectivity index (χ0v) is 12.4. The standard InChI is InChI=1S/C13H17Cl2NO2/c1-8(16-12(17)18-13(2,3)4)9-6-5-7-10(14)11(9)15/h5-8H,1-4H3,(H,16,17). The van der Waals surface area contributed by atoms with Crippen LogP contribution in [-0.2, 0) is 4.74 Å². The molecular formula is C13H17Cl2NO2. The minimum atomic E-state index is -0.526. The normalized spacial score (nSPS) is 13.0. The van der Waals surface area contributed by atoms with E-state index in [2.05, 4.69) is 5.32 Å². The Morgan fingerprint density at radius 3 is 2.50 bits per heavy atom. The van der Waals surface area contributed by atoms with E-state index >= 15 is 0 Å². The van der Waals surface area contributed by atoms with Gasteiger partial charge in [0, 0.05) is 0 Å². The van der Waals surface area contributed by atoms with E-state index in [1.165, 1.54) is 0 Å². The molecule has 0 aliphatic rings. The summed E-state index contributed by atoms with van der Waals surface area (Å²) in [7, 11) is 0. The molecule has 0 radical (unpaired) electrons. The summed E-state index contributed by atoms with van der Waals surface area (Å²) in [5, 5.41) is 3.63. The second-order valence-corrected chi connectivity index (χ2v) is 5.80. The van der Waals surface area contributed by atoms with E-state index in [0.717, 1.165) is 5.56 Å². The largest absolute Gasteiger partial charge is 0.444 e. The van der Waals surface area contributed by atoms with Crippen LogP contribution >= 0.6 is 23.2 Å². The predicted octanol–water partition coefficient (Wildman–Crippen LogP) is 4.58. The molecule has 3 nitrogen and oxygen atoms in total. The molecule has 1 unspecified atom stereocenters. The molecule has 0 aliphatic heterocycles. The summed E-state index contributed by atoms with van der Waals surface area (Å²) in [6, 6.07) is 5.03. The fourth-order valence-electron chi connectivity index (χ4n) is 1.42. The van der Waals surface area contributed by atoms with Crippen LogP contribution in [0.2, 0.25) is 10.0 Å². The van der Waals surface area contributed by atoms with Crippen molar-refractivity contribution in [2.45, 2.75) is 39.3 Å². The van der Waals surface area contributed by atoms with Gasteiger partial charge in [0.25, 0.3) is 0 Å². The zero-order valence-electron chi connectivity index (χ0n) is 10.9. The highest BCUT2D eigenvalue weighted by atomic mass is 35.5. The van der Waals surface area contributed by atoms with Crippen molar-refractivity contribution in [3.63, 3.8) is 0 Å². The van der Waals surface area contributed by atoms with Gasteiger partial charge in [-0.3, -0.25) is 0 Å². The van der Waals surface area contributed by atoms with E-state index in [4.69, 9.17) is 27.9 Å². The van der Waals surface area contributed by atoms with Crippen LogP contribution in [0, 0.1) is 0 Å². The van der Waals surface area contributed by atoms with E-state index in [0.29, 0.717) is 10.0 Å². The van der Waals surface area contributed by atoms with Crippen LogP contribution in [0.3, 0.4) is 0 Å². The molecule has 0 aromatic heterocycles. The maximum Gasteiger partial charge on any atom is 0.408 e. The van der Waals surface area contributed by atoms with Crippen molar-refractivity contribution < 1.29 is 9.53 Å². The highest BCUT2D eigenvalue weighted by Gasteiger charge is 2.19. The number of alkyl carbamates (subject to hydrolysis) is 1. The third-order valence-corrected chi connectivity index (χ3v) is 3.01. The minimum absolute atomic E-state index is 0.272. The molecular weight excluding hydrogens is 273 g/mol. The number of hydrogen-bond donors (Lipinski definition) is 1. The van der Waals surface area contributed by atoms with E-state index < -0.39 is 11.7 Å². The Hall–Kier alpha value is -0.930. The number of carbonyl (C=O) groups is 1. The maximum atomic E-state index is 11.6. The maximum absolute atomic E-state index is 11.6. The first-order chi connectivity index (χ1) is 8.20. The van der Waals surface area contributed by atoms with Crippen molar-refractivity contribution in [3.05, 3.63) is 33.8 Å². The van der Waals surface area contributed by atoms with Crippen molar-refractivity contribution in [3.8, 4) is 0 Å². The third-order valence-electron chi connectivity index (χ3n) is 2.18. The molecule has 0 saturated heterocycles. The van der Waals surface area contributed by atoms with Gasteiger partial charge in [0.2, 0.25) is 0 Å². The second-order valence-electron chi connectivity index (χ2n) is 5.01. The van der Waals surface area contributed by atoms with Crippen LogP contribution in [0.1, 0.15) is 39.3 Å². The van der Waals surface area contributed by atoms with Crippen LogP contribution in [0.4, 0.5) is 4.79 Å². The second kappa shape index (κ2) is 5.81. The van der Waals surface area contributed by atoms with Gasteiger partial charge in [-0.05, 0) is 39.3 Å². The summed E-state index contributed by atoms with van der Waals surface area (Å²) in [5.74, 6) is 0. The Morgan fingerprint density at radius 2 is 1.94 bits per heavy atom. The Bertz CT molecular complexity index is 441. The van der Waals surface area contributed by atoms with Crippen molar-refractivity contribution in [2.75, 3.05) is 0 Å². The number of hydrogen-bond acceptors (Lipinski definition) is 2. The molecule has 1 aromatic rings. The van der Waals surface area contributed by atoms with Crippen LogP contribution in [0.5, 0.6) is 0 Å². The fourth-order valence-corrected chi connectivity index (χ4v) is 1.89. The number of rotatable bonds is 2. The van der Waals surface area contributed by atoms with Crippen LogP contribution in [-0.4, -0.2) is 11.7 Å². The number of halogens is 2. The molecule has 0 heterocycles. The van der Waals surface area contributed by atoms with E-state index in [1.807, 2.05) is 33.8 Å². The average Bonchev–Trinajstić information content (AvgIpc) is 2.18. The average molecular weight is 290 g/mol. The number of benzene rings is 1. The molecule has 0 spiro atoms. The molecule has 1 aromatic carbocycles. The van der Waals surface area contributed by atoms with Gasteiger partial charge in [0.05, 0.1) is 16.1 Å². The van der Waals surface area contributed by atoms with Crippen molar-refractivity contribution in [2.24, 2.45) is 0 Å². The Kier molecular flexibility index (Phi) is 4.88. The lowest BCUT2D eigenvalue weighted by atomic mass is 10.1. The highest BCUT2D eigenvalue weighted by molar-refractivity contribution is 6.42. The lowest BCUT2D eigenvalue weighted by Crippen LogP contribution is -2.34. The first-order valence-electron chi connectivity index (χ1n) is 5.64. The third kappa shape index (κ3) is 4.39. The van der Waals surface area contributed by atoms with Gasteiger partial charge in [0.1, 0.15) is 5.60 Å². The smallest absolute Gasteiger partial charge is 0.408 e. The van der Waals surface area contributed by atoms with Gasteiger partial charge < -0.3 is 10.1 Å². The quantitative estimate of drug-likeness (QED) is 0.865. The lowest BCUT2D eigenvalue weighted by molar-refractivity contribution is 0.0508. The molecule has 0 saturated carbocycles. The fraction of sp³-hybridized carbons (Fsp3) is 0.462. The summed E-state index contributed by atoms with van der Waals surface area (Å²) in [5.41, 5.74) is 0.233. The summed E-state index contributed by atoms with van der Waals surface area (Å²) in [4.78, 5) is 11.6. The van der Waals surface area contributed by atoms with Gasteiger partial charge in [-0.1, -0.05) is 35.3 Å². The van der Waals surface area contributed by atoms with Crippen LogP contribution < -0.4 is 5.32 Å². The van der Waals surface area contributed by atoms with Crippen molar-refractivity contribution in [1.82, 2.24) is 5.32 Å². The first kappa shape index (κ1) is 15.1. The van der Waals surface area contributed by atoms with Crippen LogP contribution in [0.25, 0.3) is 0 Å². The highest BCUT2D eigenvalue weighted by Crippen LogP contribution is 2.29. The molecule has 100 valence electrons. The minimum Gasteiger partial charge on any atom is -0.444 e. The Balaban J connectivity index is 2.74. The summed E-state index contributed by atoms with van der Waals surface area (Å²) >= 11 is 12.0. The molecule has 1 atom stereocenters. The van der Waals surface area contributed by atoms with Gasteiger partial charge in [-0.15, -0.1) is 0 Å². The Labute approximate surface area is 117 Å². The molecule has 5 heteroatoms. The topological polar surface area (TPSA) is 38.3 Å². The van der Waals surface area contributed by atoms with Crippen LogP contribution in [0.15, 0.2) is 18.2 Å². The lowest BCUT2D eigenvalue weighted by Gasteiger charge is -2.22. The molecule has 1 N–H and O–H groups in total.